The molecule has 0 aliphatic carbocycles. The van der Waals surface area contributed by atoms with Crippen LogP contribution in [-0.4, -0.2) is 44.4 Å². The van der Waals surface area contributed by atoms with Gasteiger partial charge in [-0.2, -0.15) is 0 Å². The molecule has 0 radical (unpaired) electrons. The van der Waals surface area contributed by atoms with Crippen LogP contribution in [0.5, 0.6) is 5.75 Å². The van der Waals surface area contributed by atoms with Crippen molar-refractivity contribution in [2.45, 2.75) is 44.4 Å². The monoisotopic (exact) mass is 292 g/mol. The molecule has 1 aliphatic heterocycles. The fraction of sp³-hybridized carbons (Fsp3) is 0.647. The SMILES string of the molecule is CCC(N)C(c1cccc(OC)c1)N1CCCC(OC)C1. The number of likely N-dealkylation sites (tertiary alicyclic amines) is 1. The summed E-state index contributed by atoms with van der Waals surface area (Å²) in [4.78, 5) is 2.47. The molecule has 0 saturated carbocycles. The molecule has 1 aromatic carbocycles. The second kappa shape index (κ2) is 7.78. The van der Waals surface area contributed by atoms with E-state index in [4.69, 9.17) is 15.2 Å². The Morgan fingerprint density at radius 3 is 2.86 bits per heavy atom. The summed E-state index contributed by atoms with van der Waals surface area (Å²) < 4.78 is 10.9. The van der Waals surface area contributed by atoms with Crippen LogP contribution in [0.25, 0.3) is 0 Å². The summed E-state index contributed by atoms with van der Waals surface area (Å²) in [5.74, 6) is 0.890. The van der Waals surface area contributed by atoms with Gasteiger partial charge < -0.3 is 15.2 Å². The summed E-state index contributed by atoms with van der Waals surface area (Å²) in [5, 5.41) is 0. The number of hydrogen-bond acceptors (Lipinski definition) is 4. The van der Waals surface area contributed by atoms with E-state index in [-0.39, 0.29) is 12.1 Å². The maximum absolute atomic E-state index is 6.44. The van der Waals surface area contributed by atoms with Crippen LogP contribution >= 0.6 is 0 Å². The second-order valence-electron chi connectivity index (χ2n) is 5.79. The molecule has 1 aliphatic rings. The van der Waals surface area contributed by atoms with Gasteiger partial charge in [-0.05, 0) is 43.5 Å². The van der Waals surface area contributed by atoms with Gasteiger partial charge in [0.15, 0.2) is 0 Å². The number of benzene rings is 1. The van der Waals surface area contributed by atoms with Gasteiger partial charge in [-0.15, -0.1) is 0 Å². The summed E-state index contributed by atoms with van der Waals surface area (Å²) in [6.45, 7) is 4.18. The molecule has 3 atom stereocenters. The number of hydrogen-bond donors (Lipinski definition) is 1. The van der Waals surface area contributed by atoms with Crippen LogP contribution in [0.4, 0.5) is 0 Å². The third kappa shape index (κ3) is 3.96. The number of rotatable bonds is 6. The number of nitrogens with two attached hydrogens (primary N) is 1. The molecule has 1 aromatic rings. The van der Waals surface area contributed by atoms with Crippen LogP contribution in [0.1, 0.15) is 37.8 Å². The Morgan fingerprint density at radius 2 is 2.19 bits per heavy atom. The van der Waals surface area contributed by atoms with Crippen molar-refractivity contribution in [3.63, 3.8) is 0 Å². The van der Waals surface area contributed by atoms with Crippen LogP contribution in [0.3, 0.4) is 0 Å². The second-order valence-corrected chi connectivity index (χ2v) is 5.79. The lowest BCUT2D eigenvalue weighted by atomic mass is 9.93. The lowest BCUT2D eigenvalue weighted by Gasteiger charge is -2.40. The van der Waals surface area contributed by atoms with Gasteiger partial charge >= 0.3 is 0 Å². The summed E-state index contributed by atoms with van der Waals surface area (Å²) in [6, 6.07) is 8.62. The van der Waals surface area contributed by atoms with E-state index in [1.165, 1.54) is 5.56 Å². The molecule has 0 aromatic heterocycles. The number of nitrogens with zero attached hydrogens (tertiary/aromatic N) is 1. The number of piperidine rings is 1. The fourth-order valence-electron chi connectivity index (χ4n) is 3.19. The topological polar surface area (TPSA) is 47.7 Å². The van der Waals surface area contributed by atoms with Gasteiger partial charge in [0, 0.05) is 19.7 Å². The highest BCUT2D eigenvalue weighted by Gasteiger charge is 2.30. The highest BCUT2D eigenvalue weighted by molar-refractivity contribution is 5.31. The molecule has 1 fully saturated rings. The average Bonchev–Trinajstić information content (AvgIpc) is 2.55. The maximum Gasteiger partial charge on any atom is 0.119 e. The molecule has 1 heterocycles. The number of ether oxygens (including phenoxy) is 2. The van der Waals surface area contributed by atoms with Gasteiger partial charge in [0.1, 0.15) is 5.75 Å². The molecule has 2 rings (SSSR count). The van der Waals surface area contributed by atoms with Crippen LogP contribution in [0.2, 0.25) is 0 Å². The average molecular weight is 292 g/mol. The smallest absolute Gasteiger partial charge is 0.119 e. The normalized spacial score (nSPS) is 22.8. The van der Waals surface area contributed by atoms with Crippen molar-refractivity contribution in [1.29, 1.82) is 0 Å². The van der Waals surface area contributed by atoms with Gasteiger partial charge in [0.25, 0.3) is 0 Å². The van der Waals surface area contributed by atoms with E-state index in [2.05, 4.69) is 24.0 Å². The van der Waals surface area contributed by atoms with Crippen molar-refractivity contribution in [1.82, 2.24) is 4.90 Å². The van der Waals surface area contributed by atoms with Crippen LogP contribution < -0.4 is 10.5 Å². The van der Waals surface area contributed by atoms with Crippen molar-refractivity contribution in [3.05, 3.63) is 29.8 Å². The van der Waals surface area contributed by atoms with Crippen molar-refractivity contribution < 1.29 is 9.47 Å². The van der Waals surface area contributed by atoms with Crippen molar-refractivity contribution in [3.8, 4) is 5.75 Å². The summed E-state index contributed by atoms with van der Waals surface area (Å²) in [7, 11) is 3.50. The minimum atomic E-state index is 0.118. The molecule has 0 bridgehead atoms. The Labute approximate surface area is 128 Å². The van der Waals surface area contributed by atoms with Gasteiger partial charge in [0.05, 0.1) is 19.3 Å². The molecule has 3 unspecified atom stereocenters. The van der Waals surface area contributed by atoms with Gasteiger partial charge in [0.2, 0.25) is 0 Å². The van der Waals surface area contributed by atoms with Crippen LogP contribution in [0, 0.1) is 0 Å². The standard InChI is InChI=1S/C17H28N2O2/c1-4-16(18)17(13-7-5-8-14(11-13)20-2)19-10-6-9-15(12-19)21-3/h5,7-8,11,15-17H,4,6,9-10,12,18H2,1-3H3. The summed E-state index contributed by atoms with van der Waals surface area (Å²) >= 11 is 0. The zero-order valence-corrected chi connectivity index (χ0v) is 13.4. The molecule has 0 amide bonds. The molecule has 118 valence electrons. The predicted molar refractivity (Wildman–Crippen MR) is 85.6 cm³/mol. The molecular formula is C17H28N2O2. The first kappa shape index (κ1) is 16.3. The quantitative estimate of drug-likeness (QED) is 0.875. The molecule has 2 N–H and O–H groups in total. The van der Waals surface area contributed by atoms with E-state index >= 15 is 0 Å². The molecule has 4 nitrogen and oxygen atoms in total. The highest BCUT2D eigenvalue weighted by atomic mass is 16.5. The lowest BCUT2D eigenvalue weighted by molar-refractivity contribution is 0.00897. The summed E-state index contributed by atoms with van der Waals surface area (Å²) in [6.07, 6.45) is 3.57. The third-order valence-corrected chi connectivity index (χ3v) is 4.45. The summed E-state index contributed by atoms with van der Waals surface area (Å²) in [5.41, 5.74) is 7.67. The first-order chi connectivity index (χ1) is 10.2. The molecular weight excluding hydrogens is 264 g/mol. The zero-order chi connectivity index (χ0) is 15.2. The Morgan fingerprint density at radius 1 is 1.38 bits per heavy atom. The zero-order valence-electron chi connectivity index (χ0n) is 13.4. The largest absolute Gasteiger partial charge is 0.497 e. The molecule has 4 heteroatoms. The van der Waals surface area contributed by atoms with E-state index in [0.717, 1.165) is 38.1 Å². The lowest BCUT2D eigenvalue weighted by Crippen LogP contribution is -2.47. The predicted octanol–water partition coefficient (Wildman–Crippen LogP) is 2.58. The van der Waals surface area contributed by atoms with Crippen molar-refractivity contribution in [2.75, 3.05) is 27.3 Å². The fourth-order valence-corrected chi connectivity index (χ4v) is 3.19. The Balaban J connectivity index is 2.24. The van der Waals surface area contributed by atoms with Gasteiger partial charge in [-0.1, -0.05) is 19.1 Å². The highest BCUT2D eigenvalue weighted by Crippen LogP contribution is 2.30. The van der Waals surface area contributed by atoms with E-state index in [1.807, 2.05) is 12.1 Å². The molecule has 1 saturated heterocycles. The number of methoxy groups -OCH3 is 2. The minimum absolute atomic E-state index is 0.118. The molecule has 0 spiro atoms. The minimum Gasteiger partial charge on any atom is -0.497 e. The Hall–Kier alpha value is -1.10. The van der Waals surface area contributed by atoms with Gasteiger partial charge in [-0.3, -0.25) is 4.90 Å². The van der Waals surface area contributed by atoms with Crippen LogP contribution in [-0.2, 0) is 4.74 Å². The Kier molecular flexibility index (Phi) is 6.03. The maximum atomic E-state index is 6.44. The van der Waals surface area contributed by atoms with Crippen molar-refractivity contribution >= 4 is 0 Å². The Bertz CT molecular complexity index is 439. The van der Waals surface area contributed by atoms with E-state index in [0.29, 0.717) is 6.10 Å². The van der Waals surface area contributed by atoms with E-state index in [1.54, 1.807) is 14.2 Å². The van der Waals surface area contributed by atoms with E-state index in [9.17, 15) is 0 Å². The first-order valence-electron chi connectivity index (χ1n) is 7.86. The molecule has 21 heavy (non-hydrogen) atoms. The first-order valence-corrected chi connectivity index (χ1v) is 7.86. The van der Waals surface area contributed by atoms with Crippen LogP contribution in [0.15, 0.2) is 24.3 Å². The third-order valence-electron chi connectivity index (χ3n) is 4.45. The van der Waals surface area contributed by atoms with Crippen molar-refractivity contribution in [2.24, 2.45) is 5.73 Å². The van der Waals surface area contributed by atoms with E-state index < -0.39 is 0 Å². The van der Waals surface area contributed by atoms with Gasteiger partial charge in [-0.25, -0.2) is 0 Å².